The standard InChI is InChI=1S/C15H20N4O3S/c1-2-19(12-6-9-23(20,21)11-12)14-5-7-16-15(18-14)17-10-13-4-3-8-22-13/h3-5,7-8,12H,2,6,9-11H2,1H3,(H,16,17,18). The van der Waals surface area contributed by atoms with Gasteiger partial charge in [-0.1, -0.05) is 0 Å². The lowest BCUT2D eigenvalue weighted by Gasteiger charge is -2.28. The molecule has 1 N–H and O–H groups in total. The molecule has 0 saturated carbocycles. The first-order valence-corrected chi connectivity index (χ1v) is 9.46. The summed E-state index contributed by atoms with van der Waals surface area (Å²) in [7, 11) is -2.92. The molecular weight excluding hydrogens is 316 g/mol. The van der Waals surface area contributed by atoms with E-state index < -0.39 is 9.84 Å². The fourth-order valence-corrected chi connectivity index (χ4v) is 4.53. The predicted octanol–water partition coefficient (Wildman–Crippen LogP) is 1.70. The van der Waals surface area contributed by atoms with Crippen molar-refractivity contribution < 1.29 is 12.8 Å². The van der Waals surface area contributed by atoms with Crippen molar-refractivity contribution in [2.45, 2.75) is 25.9 Å². The van der Waals surface area contributed by atoms with Gasteiger partial charge in [0.1, 0.15) is 11.6 Å². The Kier molecular flexibility index (Phi) is 4.51. The van der Waals surface area contributed by atoms with Gasteiger partial charge in [-0.05, 0) is 31.5 Å². The number of hydrogen-bond acceptors (Lipinski definition) is 7. The van der Waals surface area contributed by atoms with Gasteiger partial charge in [-0.3, -0.25) is 0 Å². The van der Waals surface area contributed by atoms with E-state index in [4.69, 9.17) is 4.42 Å². The van der Waals surface area contributed by atoms with Crippen molar-refractivity contribution in [1.82, 2.24) is 9.97 Å². The molecule has 0 bridgehead atoms. The molecule has 0 aliphatic carbocycles. The van der Waals surface area contributed by atoms with Crippen LogP contribution in [-0.4, -0.2) is 42.5 Å². The molecule has 23 heavy (non-hydrogen) atoms. The van der Waals surface area contributed by atoms with E-state index in [0.29, 0.717) is 25.5 Å². The first-order valence-electron chi connectivity index (χ1n) is 7.64. The molecule has 0 radical (unpaired) electrons. The Hall–Kier alpha value is -2.09. The highest BCUT2D eigenvalue weighted by atomic mass is 32.2. The molecule has 0 spiro atoms. The summed E-state index contributed by atoms with van der Waals surface area (Å²) >= 11 is 0. The number of aromatic nitrogens is 2. The van der Waals surface area contributed by atoms with Crippen LogP contribution in [0.15, 0.2) is 35.1 Å². The van der Waals surface area contributed by atoms with Crippen LogP contribution in [0.3, 0.4) is 0 Å². The molecular formula is C15H20N4O3S. The Morgan fingerprint density at radius 3 is 2.96 bits per heavy atom. The third kappa shape index (κ3) is 3.82. The van der Waals surface area contributed by atoms with E-state index in [1.54, 1.807) is 12.5 Å². The summed E-state index contributed by atoms with van der Waals surface area (Å²) in [5.41, 5.74) is 0. The normalized spacial score (nSPS) is 19.6. The summed E-state index contributed by atoms with van der Waals surface area (Å²) in [6, 6.07) is 5.50. The minimum Gasteiger partial charge on any atom is -0.467 e. The minimum absolute atomic E-state index is 0.0159. The Bertz CT molecular complexity index is 746. The van der Waals surface area contributed by atoms with E-state index in [1.165, 1.54) is 0 Å². The van der Waals surface area contributed by atoms with Gasteiger partial charge in [0.25, 0.3) is 0 Å². The fraction of sp³-hybridized carbons (Fsp3) is 0.467. The molecule has 124 valence electrons. The summed E-state index contributed by atoms with van der Waals surface area (Å²) < 4.78 is 28.7. The lowest BCUT2D eigenvalue weighted by molar-refractivity contribution is 0.517. The lowest BCUT2D eigenvalue weighted by Crippen LogP contribution is -2.36. The van der Waals surface area contributed by atoms with Gasteiger partial charge in [0.05, 0.1) is 24.3 Å². The summed E-state index contributed by atoms with van der Waals surface area (Å²) in [6.07, 6.45) is 3.95. The Labute approximate surface area is 135 Å². The number of nitrogens with zero attached hydrogens (tertiary/aromatic N) is 3. The monoisotopic (exact) mass is 336 g/mol. The van der Waals surface area contributed by atoms with E-state index in [9.17, 15) is 8.42 Å². The molecule has 1 fully saturated rings. The maximum absolute atomic E-state index is 11.7. The van der Waals surface area contributed by atoms with Crippen molar-refractivity contribution in [3.05, 3.63) is 36.4 Å². The van der Waals surface area contributed by atoms with E-state index in [1.807, 2.05) is 30.0 Å². The van der Waals surface area contributed by atoms with Gasteiger partial charge in [0.15, 0.2) is 9.84 Å². The quantitative estimate of drug-likeness (QED) is 0.859. The highest BCUT2D eigenvalue weighted by Gasteiger charge is 2.32. The third-order valence-electron chi connectivity index (χ3n) is 3.93. The van der Waals surface area contributed by atoms with Gasteiger partial charge in [-0.15, -0.1) is 0 Å². The van der Waals surface area contributed by atoms with Crippen molar-refractivity contribution >= 4 is 21.6 Å². The fourth-order valence-electron chi connectivity index (χ4n) is 2.80. The Morgan fingerprint density at radius 1 is 1.43 bits per heavy atom. The number of sulfone groups is 1. The lowest BCUT2D eigenvalue weighted by atomic mass is 10.2. The van der Waals surface area contributed by atoms with Crippen LogP contribution in [0, 0.1) is 0 Å². The van der Waals surface area contributed by atoms with Crippen LogP contribution in [0.2, 0.25) is 0 Å². The molecule has 2 aromatic rings. The largest absolute Gasteiger partial charge is 0.467 e. The topological polar surface area (TPSA) is 88.3 Å². The third-order valence-corrected chi connectivity index (χ3v) is 5.68. The summed E-state index contributed by atoms with van der Waals surface area (Å²) in [5.74, 6) is 2.49. The zero-order valence-electron chi connectivity index (χ0n) is 13.0. The molecule has 1 aliphatic heterocycles. The second-order valence-corrected chi connectivity index (χ2v) is 7.74. The summed E-state index contributed by atoms with van der Waals surface area (Å²) in [4.78, 5) is 10.7. The predicted molar refractivity (Wildman–Crippen MR) is 88.1 cm³/mol. The zero-order valence-corrected chi connectivity index (χ0v) is 13.8. The molecule has 2 aromatic heterocycles. The molecule has 1 saturated heterocycles. The van der Waals surface area contributed by atoms with Gasteiger partial charge < -0.3 is 14.6 Å². The number of nitrogens with one attached hydrogen (secondary N) is 1. The molecule has 8 heteroatoms. The van der Waals surface area contributed by atoms with Crippen LogP contribution in [-0.2, 0) is 16.4 Å². The SMILES string of the molecule is CCN(c1ccnc(NCc2ccco2)n1)C1CCS(=O)(=O)C1. The van der Waals surface area contributed by atoms with Crippen LogP contribution in [0.25, 0.3) is 0 Å². The van der Waals surface area contributed by atoms with Crippen LogP contribution in [0.5, 0.6) is 0 Å². The van der Waals surface area contributed by atoms with Crippen molar-refractivity contribution in [3.8, 4) is 0 Å². The molecule has 0 aromatic carbocycles. The molecule has 1 atom stereocenters. The first-order chi connectivity index (χ1) is 11.1. The van der Waals surface area contributed by atoms with Crippen LogP contribution < -0.4 is 10.2 Å². The van der Waals surface area contributed by atoms with Gasteiger partial charge in [0.2, 0.25) is 5.95 Å². The average molecular weight is 336 g/mol. The van der Waals surface area contributed by atoms with E-state index in [2.05, 4.69) is 15.3 Å². The van der Waals surface area contributed by atoms with Crippen molar-refractivity contribution in [3.63, 3.8) is 0 Å². The van der Waals surface area contributed by atoms with Crippen LogP contribution in [0.4, 0.5) is 11.8 Å². The average Bonchev–Trinajstić information content (AvgIpc) is 3.16. The maximum Gasteiger partial charge on any atom is 0.224 e. The van der Waals surface area contributed by atoms with E-state index in [-0.39, 0.29) is 17.5 Å². The van der Waals surface area contributed by atoms with Crippen molar-refractivity contribution in [2.24, 2.45) is 0 Å². The first kappa shape index (κ1) is 15.8. The zero-order chi connectivity index (χ0) is 16.3. The smallest absolute Gasteiger partial charge is 0.224 e. The van der Waals surface area contributed by atoms with Crippen molar-refractivity contribution in [1.29, 1.82) is 0 Å². The van der Waals surface area contributed by atoms with Gasteiger partial charge in [-0.25, -0.2) is 13.4 Å². The number of furan rings is 1. The van der Waals surface area contributed by atoms with Gasteiger partial charge in [0, 0.05) is 18.8 Å². The van der Waals surface area contributed by atoms with Gasteiger partial charge in [-0.2, -0.15) is 4.98 Å². The second kappa shape index (κ2) is 6.57. The molecule has 7 nitrogen and oxygen atoms in total. The van der Waals surface area contributed by atoms with E-state index >= 15 is 0 Å². The molecule has 3 heterocycles. The van der Waals surface area contributed by atoms with E-state index in [0.717, 1.165) is 11.6 Å². The highest BCUT2D eigenvalue weighted by molar-refractivity contribution is 7.91. The Balaban J connectivity index is 1.72. The van der Waals surface area contributed by atoms with Gasteiger partial charge >= 0.3 is 0 Å². The molecule has 1 unspecified atom stereocenters. The number of rotatable bonds is 6. The molecule has 3 rings (SSSR count). The highest BCUT2D eigenvalue weighted by Crippen LogP contribution is 2.23. The summed E-state index contributed by atoms with van der Waals surface area (Å²) in [6.45, 7) is 3.21. The Morgan fingerprint density at radius 2 is 2.30 bits per heavy atom. The molecule has 0 amide bonds. The molecule has 1 aliphatic rings. The van der Waals surface area contributed by atoms with Crippen LogP contribution in [0.1, 0.15) is 19.1 Å². The number of hydrogen-bond donors (Lipinski definition) is 1. The van der Waals surface area contributed by atoms with Crippen molar-refractivity contribution in [2.75, 3.05) is 28.3 Å². The van der Waals surface area contributed by atoms with Crippen LogP contribution >= 0.6 is 0 Å². The summed E-state index contributed by atoms with van der Waals surface area (Å²) in [5, 5.41) is 3.11. The minimum atomic E-state index is -2.92. The second-order valence-electron chi connectivity index (χ2n) is 5.51. The maximum atomic E-state index is 11.7. The number of anilines is 2.